The number of aromatic nitrogens is 3. The van der Waals surface area contributed by atoms with Crippen molar-refractivity contribution in [3.63, 3.8) is 0 Å². The third-order valence-corrected chi connectivity index (χ3v) is 4.78. The number of carbonyl (C=O) groups is 1. The first kappa shape index (κ1) is 16.7. The number of rotatable bonds is 3. The molecule has 0 saturated carbocycles. The van der Waals surface area contributed by atoms with E-state index in [1.54, 1.807) is 0 Å². The number of aromatic amines is 1. The Balaban J connectivity index is 1.56. The quantitative estimate of drug-likeness (QED) is 0.942. The molecule has 1 amide bonds. The lowest BCUT2D eigenvalue weighted by molar-refractivity contribution is 0.0684. The van der Waals surface area contributed by atoms with Gasteiger partial charge in [-0.15, -0.1) is 0 Å². The lowest BCUT2D eigenvalue weighted by atomic mass is 9.90. The van der Waals surface area contributed by atoms with Crippen molar-refractivity contribution < 1.29 is 4.79 Å². The molecule has 5 heteroatoms. The summed E-state index contributed by atoms with van der Waals surface area (Å²) in [5.41, 5.74) is 2.84. The predicted molar refractivity (Wildman–Crippen MR) is 93.9 cm³/mol. The fourth-order valence-corrected chi connectivity index (χ4v) is 3.17. The Labute approximate surface area is 143 Å². The highest BCUT2D eigenvalue weighted by molar-refractivity contribution is 5.92. The van der Waals surface area contributed by atoms with Crippen molar-refractivity contribution in [1.29, 1.82) is 0 Å². The molecule has 1 fully saturated rings. The third kappa shape index (κ3) is 3.83. The monoisotopic (exact) mass is 326 g/mol. The zero-order valence-corrected chi connectivity index (χ0v) is 14.7. The fraction of sp³-hybridized carbons (Fsp3) is 0.526. The van der Waals surface area contributed by atoms with Crippen molar-refractivity contribution in [1.82, 2.24) is 20.1 Å². The van der Waals surface area contributed by atoms with E-state index in [0.717, 1.165) is 38.0 Å². The molecule has 1 N–H and O–H groups in total. The second kappa shape index (κ2) is 6.75. The van der Waals surface area contributed by atoms with E-state index in [0.29, 0.717) is 11.6 Å². The highest BCUT2D eigenvalue weighted by Gasteiger charge is 2.26. The van der Waals surface area contributed by atoms with Gasteiger partial charge in [-0.05, 0) is 48.9 Å². The molecule has 5 nitrogen and oxygen atoms in total. The van der Waals surface area contributed by atoms with Crippen LogP contribution in [-0.4, -0.2) is 39.1 Å². The number of nitrogens with zero attached hydrogens (tertiary/aromatic N) is 3. The van der Waals surface area contributed by atoms with Crippen LogP contribution in [0.25, 0.3) is 0 Å². The van der Waals surface area contributed by atoms with Crippen LogP contribution >= 0.6 is 0 Å². The standard InChI is InChI=1S/C19H26N4O/c1-19(2,3)17-13-16(21-22-17)18(24)23-10-6-15(7-11-23)12-14-4-8-20-9-5-14/h4-5,8-9,13,15H,6-7,10-12H2,1-3H3,(H,21,22). The average molecular weight is 326 g/mol. The van der Waals surface area contributed by atoms with Crippen LogP contribution in [0.4, 0.5) is 0 Å². The van der Waals surface area contributed by atoms with E-state index in [2.05, 4.69) is 48.1 Å². The van der Waals surface area contributed by atoms with Crippen molar-refractivity contribution in [2.75, 3.05) is 13.1 Å². The number of hydrogen-bond acceptors (Lipinski definition) is 3. The van der Waals surface area contributed by atoms with Gasteiger partial charge in [0.1, 0.15) is 5.69 Å². The van der Waals surface area contributed by atoms with Crippen molar-refractivity contribution in [3.05, 3.63) is 47.5 Å². The normalized spacial score (nSPS) is 16.4. The summed E-state index contributed by atoms with van der Waals surface area (Å²) in [7, 11) is 0. The molecule has 0 spiro atoms. The summed E-state index contributed by atoms with van der Waals surface area (Å²) in [4.78, 5) is 18.6. The lowest BCUT2D eigenvalue weighted by Crippen LogP contribution is -2.39. The smallest absolute Gasteiger partial charge is 0.274 e. The van der Waals surface area contributed by atoms with E-state index in [4.69, 9.17) is 0 Å². The minimum atomic E-state index is -0.0247. The van der Waals surface area contributed by atoms with E-state index in [1.165, 1.54) is 5.56 Å². The van der Waals surface area contributed by atoms with Gasteiger partial charge in [-0.3, -0.25) is 14.9 Å². The van der Waals surface area contributed by atoms with Crippen LogP contribution < -0.4 is 0 Å². The Morgan fingerprint density at radius 1 is 1.25 bits per heavy atom. The van der Waals surface area contributed by atoms with Crippen LogP contribution in [0.5, 0.6) is 0 Å². The van der Waals surface area contributed by atoms with Crippen molar-refractivity contribution in [2.24, 2.45) is 5.92 Å². The maximum Gasteiger partial charge on any atom is 0.274 e. The van der Waals surface area contributed by atoms with E-state index >= 15 is 0 Å². The molecule has 24 heavy (non-hydrogen) atoms. The van der Waals surface area contributed by atoms with Crippen molar-refractivity contribution in [2.45, 2.75) is 45.4 Å². The maximum absolute atomic E-state index is 12.6. The number of likely N-dealkylation sites (tertiary alicyclic amines) is 1. The Kier molecular flexibility index (Phi) is 4.69. The van der Waals surface area contributed by atoms with Crippen LogP contribution in [0.1, 0.15) is 55.4 Å². The molecule has 0 bridgehead atoms. The van der Waals surface area contributed by atoms with Gasteiger partial charge in [0.25, 0.3) is 5.91 Å². The topological polar surface area (TPSA) is 61.9 Å². The Morgan fingerprint density at radius 3 is 2.50 bits per heavy atom. The minimum absolute atomic E-state index is 0.0247. The van der Waals surface area contributed by atoms with E-state index in [1.807, 2.05) is 23.4 Å². The van der Waals surface area contributed by atoms with Crippen molar-refractivity contribution in [3.8, 4) is 0 Å². The molecule has 128 valence electrons. The molecule has 1 aliphatic rings. The summed E-state index contributed by atoms with van der Waals surface area (Å²) in [6.45, 7) is 7.96. The molecule has 0 aliphatic carbocycles. The van der Waals surface area contributed by atoms with Crippen LogP contribution in [-0.2, 0) is 11.8 Å². The number of hydrogen-bond donors (Lipinski definition) is 1. The fourth-order valence-electron chi connectivity index (χ4n) is 3.17. The first-order valence-electron chi connectivity index (χ1n) is 8.67. The molecular weight excluding hydrogens is 300 g/mol. The summed E-state index contributed by atoms with van der Waals surface area (Å²) in [5.74, 6) is 0.685. The largest absolute Gasteiger partial charge is 0.337 e. The van der Waals surface area contributed by atoms with Gasteiger partial charge in [0.2, 0.25) is 0 Å². The number of piperidine rings is 1. The molecule has 1 saturated heterocycles. The highest BCUT2D eigenvalue weighted by Crippen LogP contribution is 2.24. The van der Waals surface area contributed by atoms with Gasteiger partial charge >= 0.3 is 0 Å². The summed E-state index contributed by atoms with van der Waals surface area (Å²) in [5, 5.41) is 7.23. The van der Waals surface area contributed by atoms with Crippen LogP contribution in [0.3, 0.4) is 0 Å². The molecule has 3 heterocycles. The number of nitrogens with one attached hydrogen (secondary N) is 1. The molecule has 2 aromatic heterocycles. The summed E-state index contributed by atoms with van der Waals surface area (Å²) < 4.78 is 0. The lowest BCUT2D eigenvalue weighted by Gasteiger charge is -2.31. The SMILES string of the molecule is CC(C)(C)c1cc(C(=O)N2CCC(Cc3ccncc3)CC2)n[nH]1. The second-order valence-electron chi connectivity index (χ2n) is 7.71. The predicted octanol–water partition coefficient (Wildman–Crippen LogP) is 3.20. The summed E-state index contributed by atoms with van der Waals surface area (Å²) in [6.07, 6.45) is 6.85. The highest BCUT2D eigenvalue weighted by atomic mass is 16.2. The number of amides is 1. The molecular formula is C19H26N4O. The van der Waals surface area contributed by atoms with Crippen molar-refractivity contribution >= 4 is 5.91 Å². The zero-order chi connectivity index (χ0) is 17.2. The summed E-state index contributed by atoms with van der Waals surface area (Å²) in [6, 6.07) is 6.05. The Morgan fingerprint density at radius 2 is 1.92 bits per heavy atom. The van der Waals surface area contributed by atoms with Crippen LogP contribution in [0, 0.1) is 5.92 Å². The number of pyridine rings is 1. The molecule has 0 radical (unpaired) electrons. The molecule has 0 aromatic carbocycles. The first-order valence-corrected chi connectivity index (χ1v) is 8.67. The summed E-state index contributed by atoms with van der Waals surface area (Å²) >= 11 is 0. The average Bonchev–Trinajstić information content (AvgIpc) is 3.06. The van der Waals surface area contributed by atoms with Gasteiger partial charge in [0.05, 0.1) is 0 Å². The Bertz CT molecular complexity index is 679. The molecule has 2 aromatic rings. The third-order valence-electron chi connectivity index (χ3n) is 4.78. The van der Waals surface area contributed by atoms with Gasteiger partial charge in [-0.1, -0.05) is 20.8 Å². The Hall–Kier alpha value is -2.17. The van der Waals surface area contributed by atoms with Gasteiger partial charge in [0.15, 0.2) is 0 Å². The number of carbonyl (C=O) groups excluding carboxylic acids is 1. The second-order valence-corrected chi connectivity index (χ2v) is 7.71. The molecule has 1 aliphatic heterocycles. The van der Waals surface area contributed by atoms with E-state index in [9.17, 15) is 4.79 Å². The van der Waals surface area contributed by atoms with Gasteiger partial charge in [-0.2, -0.15) is 5.10 Å². The zero-order valence-electron chi connectivity index (χ0n) is 14.7. The molecule has 0 unspecified atom stereocenters. The first-order chi connectivity index (χ1) is 11.4. The van der Waals surface area contributed by atoms with E-state index in [-0.39, 0.29) is 11.3 Å². The van der Waals surface area contributed by atoms with Gasteiger partial charge in [-0.25, -0.2) is 0 Å². The number of H-pyrrole nitrogens is 1. The maximum atomic E-state index is 12.6. The van der Waals surface area contributed by atoms with E-state index < -0.39 is 0 Å². The minimum Gasteiger partial charge on any atom is -0.337 e. The van der Waals surface area contributed by atoms with Gasteiger partial charge < -0.3 is 4.90 Å². The van der Waals surface area contributed by atoms with Gasteiger partial charge in [0, 0.05) is 36.6 Å². The molecule has 0 atom stereocenters. The molecule has 3 rings (SSSR count). The van der Waals surface area contributed by atoms with Crippen LogP contribution in [0.2, 0.25) is 0 Å². The van der Waals surface area contributed by atoms with Crippen LogP contribution in [0.15, 0.2) is 30.6 Å².